The van der Waals surface area contributed by atoms with Crippen molar-refractivity contribution in [3.8, 4) is 0 Å². The molecule has 0 saturated heterocycles. The molecular weight excluding hydrogens is 180 g/mol. The van der Waals surface area contributed by atoms with Gasteiger partial charge in [0.25, 0.3) is 12.0 Å². The summed E-state index contributed by atoms with van der Waals surface area (Å²) in [4.78, 5) is 13.1. The average molecular weight is 189 g/mol. The van der Waals surface area contributed by atoms with Crippen molar-refractivity contribution >= 4 is 5.69 Å². The molecule has 0 aliphatic carbocycles. The van der Waals surface area contributed by atoms with E-state index in [1.54, 1.807) is 0 Å². The Morgan fingerprint density at radius 3 is 2.62 bits per heavy atom. The lowest BCUT2D eigenvalue weighted by molar-refractivity contribution is 0.151. The van der Waals surface area contributed by atoms with E-state index in [9.17, 15) is 13.6 Å². The number of nitrogen functional groups attached to an aromatic ring is 1. The molecule has 0 bridgehead atoms. The first-order valence-corrected chi connectivity index (χ1v) is 3.56. The van der Waals surface area contributed by atoms with Gasteiger partial charge in [-0.1, -0.05) is 0 Å². The molecule has 0 saturated carbocycles. The minimum atomic E-state index is -2.78. The third-order valence-electron chi connectivity index (χ3n) is 1.70. The second-order valence-electron chi connectivity index (χ2n) is 2.48. The van der Waals surface area contributed by atoms with Crippen LogP contribution in [0.1, 0.15) is 17.6 Å². The van der Waals surface area contributed by atoms with Gasteiger partial charge in [0.05, 0.1) is 5.56 Å². The molecule has 1 rings (SSSR count). The number of rotatable bonds is 2. The number of nitrogens with two attached hydrogens (primary N) is 2. The molecule has 5 N–H and O–H groups in total. The fraction of sp³-hybridized carbons (Fsp3) is 0.286. The monoisotopic (exact) mass is 189 g/mol. The van der Waals surface area contributed by atoms with E-state index in [0.29, 0.717) is 0 Å². The second kappa shape index (κ2) is 3.53. The Balaban J connectivity index is 3.41. The number of alkyl halides is 2. The van der Waals surface area contributed by atoms with E-state index in [2.05, 4.69) is 4.98 Å². The van der Waals surface area contributed by atoms with Gasteiger partial charge in [-0.2, -0.15) is 0 Å². The molecule has 0 aliphatic rings. The molecule has 1 aromatic rings. The zero-order valence-corrected chi connectivity index (χ0v) is 6.68. The van der Waals surface area contributed by atoms with Crippen LogP contribution in [0.2, 0.25) is 0 Å². The summed E-state index contributed by atoms with van der Waals surface area (Å²) in [6.07, 6.45) is -1.62. The van der Waals surface area contributed by atoms with Crippen molar-refractivity contribution < 1.29 is 8.78 Å². The minimum Gasteiger partial charge on any atom is -0.394 e. The third kappa shape index (κ3) is 1.67. The molecule has 0 spiro atoms. The Kier molecular flexibility index (Phi) is 2.62. The van der Waals surface area contributed by atoms with Crippen molar-refractivity contribution in [1.29, 1.82) is 0 Å². The maximum atomic E-state index is 12.4. The number of anilines is 1. The maximum Gasteiger partial charge on any atom is 0.271 e. The van der Waals surface area contributed by atoms with E-state index in [-0.39, 0.29) is 12.1 Å². The van der Waals surface area contributed by atoms with Gasteiger partial charge in [0.1, 0.15) is 5.69 Å². The Hall–Kier alpha value is -1.43. The lowest BCUT2D eigenvalue weighted by Gasteiger charge is -2.08. The minimum absolute atomic E-state index is 0.0827. The van der Waals surface area contributed by atoms with Crippen molar-refractivity contribution in [1.82, 2.24) is 4.98 Å². The number of pyridine rings is 1. The first-order chi connectivity index (χ1) is 6.07. The third-order valence-corrected chi connectivity index (χ3v) is 1.70. The SMILES string of the molecule is NCc1c[nH]c(=O)c(N)c1C(F)F. The van der Waals surface area contributed by atoms with Crippen LogP contribution >= 0.6 is 0 Å². The number of hydrogen-bond donors (Lipinski definition) is 3. The van der Waals surface area contributed by atoms with E-state index in [4.69, 9.17) is 11.5 Å². The van der Waals surface area contributed by atoms with E-state index in [1.165, 1.54) is 0 Å². The Labute approximate surface area is 72.6 Å². The number of aromatic amines is 1. The molecule has 0 atom stereocenters. The van der Waals surface area contributed by atoms with Crippen LogP contribution in [-0.2, 0) is 6.54 Å². The van der Waals surface area contributed by atoms with Crippen LogP contribution in [0.5, 0.6) is 0 Å². The summed E-state index contributed by atoms with van der Waals surface area (Å²) >= 11 is 0. The number of hydrogen-bond acceptors (Lipinski definition) is 3. The highest BCUT2D eigenvalue weighted by Crippen LogP contribution is 2.25. The quantitative estimate of drug-likeness (QED) is 0.627. The van der Waals surface area contributed by atoms with Gasteiger partial charge in [0, 0.05) is 12.7 Å². The van der Waals surface area contributed by atoms with Crippen LogP contribution in [-0.4, -0.2) is 4.98 Å². The van der Waals surface area contributed by atoms with Gasteiger partial charge in [-0.3, -0.25) is 4.79 Å². The van der Waals surface area contributed by atoms with E-state index in [0.717, 1.165) is 6.20 Å². The molecule has 13 heavy (non-hydrogen) atoms. The van der Waals surface area contributed by atoms with E-state index < -0.39 is 23.2 Å². The lowest BCUT2D eigenvalue weighted by atomic mass is 10.1. The van der Waals surface area contributed by atoms with Crippen molar-refractivity contribution in [2.45, 2.75) is 13.0 Å². The smallest absolute Gasteiger partial charge is 0.271 e. The van der Waals surface area contributed by atoms with Gasteiger partial charge in [-0.25, -0.2) is 8.78 Å². The zero-order chi connectivity index (χ0) is 10.0. The number of nitrogens with one attached hydrogen (secondary N) is 1. The highest BCUT2D eigenvalue weighted by molar-refractivity contribution is 5.49. The fourth-order valence-corrected chi connectivity index (χ4v) is 1.03. The van der Waals surface area contributed by atoms with Gasteiger partial charge >= 0.3 is 0 Å². The predicted octanol–water partition coefficient (Wildman–Crippen LogP) is 0.353. The van der Waals surface area contributed by atoms with Crippen molar-refractivity contribution in [2.24, 2.45) is 5.73 Å². The summed E-state index contributed by atoms with van der Waals surface area (Å²) < 4.78 is 24.7. The van der Waals surface area contributed by atoms with Crippen molar-refractivity contribution in [3.05, 3.63) is 27.7 Å². The Morgan fingerprint density at radius 2 is 2.15 bits per heavy atom. The van der Waals surface area contributed by atoms with Crippen LogP contribution in [0.3, 0.4) is 0 Å². The zero-order valence-electron chi connectivity index (χ0n) is 6.68. The largest absolute Gasteiger partial charge is 0.394 e. The van der Waals surface area contributed by atoms with Crippen LogP contribution in [0.15, 0.2) is 11.0 Å². The summed E-state index contributed by atoms with van der Waals surface area (Å²) in [5, 5.41) is 0. The molecule has 0 aromatic carbocycles. The van der Waals surface area contributed by atoms with E-state index in [1.807, 2.05) is 0 Å². The van der Waals surface area contributed by atoms with Gasteiger partial charge in [-0.15, -0.1) is 0 Å². The maximum absolute atomic E-state index is 12.4. The van der Waals surface area contributed by atoms with E-state index >= 15 is 0 Å². The topological polar surface area (TPSA) is 84.9 Å². The average Bonchev–Trinajstić information content (AvgIpc) is 2.08. The molecule has 72 valence electrons. The number of H-pyrrole nitrogens is 1. The first kappa shape index (κ1) is 9.66. The van der Waals surface area contributed by atoms with Crippen LogP contribution in [0, 0.1) is 0 Å². The number of halogens is 2. The van der Waals surface area contributed by atoms with Gasteiger partial charge in [-0.05, 0) is 5.56 Å². The normalized spacial score (nSPS) is 10.8. The van der Waals surface area contributed by atoms with Crippen LogP contribution in [0.25, 0.3) is 0 Å². The van der Waals surface area contributed by atoms with Crippen LogP contribution in [0.4, 0.5) is 14.5 Å². The Bertz CT molecular complexity index is 361. The summed E-state index contributed by atoms with van der Waals surface area (Å²) in [6.45, 7) is -0.0827. The van der Waals surface area contributed by atoms with Crippen molar-refractivity contribution in [2.75, 3.05) is 5.73 Å². The van der Waals surface area contributed by atoms with Gasteiger partial charge in [0.2, 0.25) is 0 Å². The molecule has 0 amide bonds. The van der Waals surface area contributed by atoms with Crippen molar-refractivity contribution in [3.63, 3.8) is 0 Å². The lowest BCUT2D eigenvalue weighted by Crippen LogP contribution is -2.17. The molecule has 0 unspecified atom stereocenters. The predicted molar refractivity (Wildman–Crippen MR) is 44.3 cm³/mol. The second-order valence-corrected chi connectivity index (χ2v) is 2.48. The standard InChI is InChI=1S/C7H9F2N3O/c8-6(9)4-3(1-10)2-12-7(13)5(4)11/h2,6H,1,10-11H2,(H,12,13). The first-order valence-electron chi connectivity index (χ1n) is 3.56. The molecule has 0 fully saturated rings. The summed E-state index contributed by atoms with van der Waals surface area (Å²) in [5.41, 5.74) is 8.89. The summed E-state index contributed by atoms with van der Waals surface area (Å²) in [6, 6.07) is 0. The van der Waals surface area contributed by atoms with Gasteiger partial charge < -0.3 is 16.5 Å². The molecule has 0 radical (unpaired) electrons. The molecule has 4 nitrogen and oxygen atoms in total. The summed E-state index contributed by atoms with van der Waals surface area (Å²) in [5.74, 6) is 0. The molecular formula is C7H9F2N3O. The molecule has 1 heterocycles. The molecule has 0 aliphatic heterocycles. The number of aromatic nitrogens is 1. The molecule has 1 aromatic heterocycles. The Morgan fingerprint density at radius 1 is 1.54 bits per heavy atom. The highest BCUT2D eigenvalue weighted by Gasteiger charge is 2.17. The fourth-order valence-electron chi connectivity index (χ4n) is 1.03. The van der Waals surface area contributed by atoms with Crippen LogP contribution < -0.4 is 17.0 Å². The highest BCUT2D eigenvalue weighted by atomic mass is 19.3. The summed E-state index contributed by atoms with van der Waals surface area (Å²) in [7, 11) is 0. The molecule has 6 heteroatoms. The van der Waals surface area contributed by atoms with Gasteiger partial charge in [0.15, 0.2) is 0 Å².